The number of carbonyl (C=O) groups excluding carboxylic acids is 1. The molecule has 1 aromatic heterocycles. The van der Waals surface area contributed by atoms with Crippen LogP contribution in [0.15, 0.2) is 16.7 Å². The molecule has 0 fully saturated rings. The summed E-state index contributed by atoms with van der Waals surface area (Å²) in [4.78, 5) is 22.5. The van der Waals surface area contributed by atoms with E-state index < -0.39 is 16.8 Å². The van der Waals surface area contributed by atoms with Gasteiger partial charge in [0, 0.05) is 28.9 Å². The average Bonchev–Trinajstić information content (AvgIpc) is 2.73. The van der Waals surface area contributed by atoms with Crippen LogP contribution < -0.4 is 5.32 Å². The summed E-state index contributed by atoms with van der Waals surface area (Å²) in [7, 11) is -0.897. The first-order valence-electron chi connectivity index (χ1n) is 5.79. The van der Waals surface area contributed by atoms with Crippen LogP contribution in [0.25, 0.3) is 0 Å². The van der Waals surface area contributed by atoms with E-state index in [1.807, 2.05) is 6.92 Å². The van der Waals surface area contributed by atoms with Crippen LogP contribution in [0.4, 0.5) is 0 Å². The molecule has 0 aliphatic rings. The molecule has 0 aliphatic heterocycles. The fourth-order valence-corrected chi connectivity index (χ4v) is 2.22. The minimum Gasteiger partial charge on any atom is -0.481 e. The van der Waals surface area contributed by atoms with Crippen molar-refractivity contribution in [1.29, 1.82) is 0 Å². The van der Waals surface area contributed by atoms with Gasteiger partial charge in [0.15, 0.2) is 0 Å². The molecule has 1 heterocycles. The van der Waals surface area contributed by atoms with Gasteiger partial charge in [0.1, 0.15) is 12.2 Å². The largest absolute Gasteiger partial charge is 0.481 e. The first kappa shape index (κ1) is 15.4. The molecule has 0 saturated heterocycles. The Morgan fingerprint density at radius 3 is 2.79 bits per heavy atom. The van der Waals surface area contributed by atoms with Crippen LogP contribution in [-0.2, 0) is 22.0 Å². The lowest BCUT2D eigenvalue weighted by Crippen LogP contribution is -2.33. The van der Waals surface area contributed by atoms with E-state index >= 15 is 0 Å². The fraction of sp³-hybridized carbons (Fsp3) is 0.500. The average molecular weight is 287 g/mol. The maximum Gasteiger partial charge on any atom is 0.311 e. The van der Waals surface area contributed by atoms with Crippen LogP contribution in [0, 0.1) is 0 Å². The van der Waals surface area contributed by atoms with Crippen molar-refractivity contribution in [1.82, 2.24) is 5.32 Å². The highest BCUT2D eigenvalue weighted by molar-refractivity contribution is 7.84. The van der Waals surface area contributed by atoms with Crippen molar-refractivity contribution < 1.29 is 23.3 Å². The van der Waals surface area contributed by atoms with Crippen molar-refractivity contribution in [2.45, 2.75) is 25.8 Å². The van der Waals surface area contributed by atoms with E-state index in [9.17, 15) is 13.8 Å². The molecule has 1 rings (SSSR count). The Hall–Kier alpha value is -1.63. The summed E-state index contributed by atoms with van der Waals surface area (Å²) in [6.45, 7) is 1.81. The Kier molecular flexibility index (Phi) is 5.75. The molecule has 0 aliphatic carbocycles. The molecular weight excluding hydrogens is 270 g/mol. The fourth-order valence-electron chi connectivity index (χ4n) is 1.53. The summed E-state index contributed by atoms with van der Waals surface area (Å²) >= 11 is 0. The SMILES string of the molecule is CC(CCS(C)=O)NC(=O)c1ccoc1CC(=O)O. The number of furan rings is 1. The molecule has 1 amide bonds. The minimum absolute atomic E-state index is 0.135. The Morgan fingerprint density at radius 1 is 1.53 bits per heavy atom. The first-order chi connectivity index (χ1) is 8.90. The van der Waals surface area contributed by atoms with Gasteiger partial charge in [-0.2, -0.15) is 0 Å². The van der Waals surface area contributed by atoms with Crippen molar-refractivity contribution in [2.75, 3.05) is 12.0 Å². The van der Waals surface area contributed by atoms with Gasteiger partial charge in [-0.3, -0.25) is 13.8 Å². The monoisotopic (exact) mass is 287 g/mol. The highest BCUT2D eigenvalue weighted by Gasteiger charge is 2.18. The molecule has 6 nitrogen and oxygen atoms in total. The normalized spacial score (nSPS) is 13.8. The summed E-state index contributed by atoms with van der Waals surface area (Å²) < 4.78 is 15.9. The zero-order chi connectivity index (χ0) is 14.4. The van der Waals surface area contributed by atoms with Crippen LogP contribution in [-0.4, -0.2) is 39.2 Å². The molecule has 0 bridgehead atoms. The number of carboxylic acids is 1. The summed E-state index contributed by atoms with van der Waals surface area (Å²) in [5.74, 6) is -0.788. The van der Waals surface area contributed by atoms with Crippen LogP contribution in [0.1, 0.15) is 29.5 Å². The quantitative estimate of drug-likeness (QED) is 0.773. The van der Waals surface area contributed by atoms with Gasteiger partial charge in [0.05, 0.1) is 11.8 Å². The van der Waals surface area contributed by atoms with Crippen LogP contribution in [0.3, 0.4) is 0 Å². The van der Waals surface area contributed by atoms with Gasteiger partial charge >= 0.3 is 5.97 Å². The van der Waals surface area contributed by atoms with Crippen molar-refractivity contribution in [3.8, 4) is 0 Å². The standard InChI is InChI=1S/C12H17NO5S/c1-8(4-6-19(2)17)13-12(16)9-3-5-18-10(9)7-11(14)15/h3,5,8H,4,6-7H2,1-2H3,(H,13,16)(H,14,15). The lowest BCUT2D eigenvalue weighted by molar-refractivity contribution is -0.136. The van der Waals surface area contributed by atoms with Gasteiger partial charge in [-0.15, -0.1) is 0 Å². The van der Waals surface area contributed by atoms with Gasteiger partial charge in [-0.05, 0) is 19.4 Å². The second kappa shape index (κ2) is 7.08. The van der Waals surface area contributed by atoms with E-state index in [0.29, 0.717) is 12.2 Å². The zero-order valence-electron chi connectivity index (χ0n) is 10.8. The second-order valence-electron chi connectivity index (χ2n) is 4.27. The Bertz CT molecular complexity index is 482. The molecule has 19 heavy (non-hydrogen) atoms. The molecule has 0 aromatic carbocycles. The summed E-state index contributed by atoms with van der Waals surface area (Å²) in [5, 5.41) is 11.4. The highest BCUT2D eigenvalue weighted by Crippen LogP contribution is 2.12. The van der Waals surface area contributed by atoms with Gasteiger partial charge in [-0.25, -0.2) is 0 Å². The third-order valence-electron chi connectivity index (χ3n) is 2.52. The molecule has 2 N–H and O–H groups in total. The second-order valence-corrected chi connectivity index (χ2v) is 5.82. The van der Waals surface area contributed by atoms with Gasteiger partial charge in [-0.1, -0.05) is 0 Å². The molecule has 0 saturated carbocycles. The van der Waals surface area contributed by atoms with E-state index in [4.69, 9.17) is 9.52 Å². The maximum atomic E-state index is 11.9. The van der Waals surface area contributed by atoms with Crippen LogP contribution in [0.2, 0.25) is 0 Å². The summed E-state index contributed by atoms with van der Waals surface area (Å²) in [6, 6.07) is 1.31. The first-order valence-corrected chi connectivity index (χ1v) is 7.52. The number of aliphatic carboxylic acids is 1. The molecule has 106 valence electrons. The maximum absolute atomic E-state index is 11.9. The molecular formula is C12H17NO5S. The third kappa shape index (κ3) is 5.25. The van der Waals surface area contributed by atoms with Crippen molar-refractivity contribution in [3.05, 3.63) is 23.7 Å². The summed E-state index contributed by atoms with van der Waals surface area (Å²) in [5.41, 5.74) is 0.229. The van der Waals surface area contributed by atoms with Crippen molar-refractivity contribution in [3.63, 3.8) is 0 Å². The molecule has 7 heteroatoms. The van der Waals surface area contributed by atoms with E-state index in [-0.39, 0.29) is 29.7 Å². The minimum atomic E-state index is -1.06. The van der Waals surface area contributed by atoms with Gasteiger partial charge in [0.2, 0.25) is 0 Å². The number of carboxylic acid groups (broad SMARTS) is 1. The summed E-state index contributed by atoms with van der Waals surface area (Å²) in [6.07, 6.45) is 3.17. The highest BCUT2D eigenvalue weighted by atomic mass is 32.2. The number of nitrogens with one attached hydrogen (secondary N) is 1. The van der Waals surface area contributed by atoms with Crippen LogP contribution >= 0.6 is 0 Å². The van der Waals surface area contributed by atoms with E-state index in [1.165, 1.54) is 12.3 Å². The van der Waals surface area contributed by atoms with Crippen molar-refractivity contribution >= 4 is 22.7 Å². The van der Waals surface area contributed by atoms with Crippen molar-refractivity contribution in [2.24, 2.45) is 0 Å². The van der Waals surface area contributed by atoms with E-state index in [0.717, 1.165) is 0 Å². The number of amides is 1. The molecule has 2 atom stereocenters. The molecule has 0 radical (unpaired) electrons. The smallest absolute Gasteiger partial charge is 0.311 e. The number of hydrogen-bond donors (Lipinski definition) is 2. The Labute approximate surface area is 113 Å². The molecule has 1 aromatic rings. The van der Waals surface area contributed by atoms with Gasteiger partial charge in [0.25, 0.3) is 5.91 Å². The van der Waals surface area contributed by atoms with E-state index in [2.05, 4.69) is 5.32 Å². The van der Waals surface area contributed by atoms with Gasteiger partial charge < -0.3 is 14.8 Å². The predicted molar refractivity (Wildman–Crippen MR) is 70.5 cm³/mol. The number of hydrogen-bond acceptors (Lipinski definition) is 4. The lowest BCUT2D eigenvalue weighted by atomic mass is 10.1. The zero-order valence-corrected chi connectivity index (χ0v) is 11.7. The Balaban J connectivity index is 2.60. The topological polar surface area (TPSA) is 96.6 Å². The number of rotatable bonds is 7. The number of carbonyl (C=O) groups is 2. The van der Waals surface area contributed by atoms with E-state index in [1.54, 1.807) is 6.26 Å². The molecule has 2 unspecified atom stereocenters. The molecule has 0 spiro atoms. The Morgan fingerprint density at radius 2 is 2.21 bits per heavy atom. The predicted octanol–water partition coefficient (Wildman–Crippen LogP) is 0.794. The van der Waals surface area contributed by atoms with Crippen LogP contribution in [0.5, 0.6) is 0 Å². The third-order valence-corrected chi connectivity index (χ3v) is 3.33. The lowest BCUT2D eigenvalue weighted by Gasteiger charge is -2.12.